The average Bonchev–Trinajstić information content (AvgIpc) is 2.44. The van der Waals surface area contributed by atoms with Crippen molar-refractivity contribution in [2.45, 2.75) is 4.90 Å². The van der Waals surface area contributed by atoms with Gasteiger partial charge in [-0.2, -0.15) is 0 Å². The van der Waals surface area contributed by atoms with Crippen molar-refractivity contribution in [2.75, 3.05) is 14.2 Å². The maximum atomic E-state index is 12.0. The molecule has 0 aliphatic carbocycles. The average molecular weight is 287 g/mol. The quantitative estimate of drug-likeness (QED) is 0.276. The third kappa shape index (κ3) is 2.72. The molecule has 8 nitrogen and oxygen atoms in total. The molecule has 0 heterocycles. The topological polar surface area (TPSA) is 128 Å². The van der Waals surface area contributed by atoms with Gasteiger partial charge >= 0.3 is 0 Å². The van der Waals surface area contributed by atoms with Crippen molar-refractivity contribution in [3.05, 3.63) is 23.3 Å². The zero-order valence-electron chi connectivity index (χ0n) is 10.3. The number of ether oxygens (including phenoxy) is 1. The number of nitrogens with two attached hydrogens (primary N) is 1. The SMILES string of the molecule is CNS(=O)(=O)c1c(OC)ccc(C=O)c1C(=O)NN. The summed E-state index contributed by atoms with van der Waals surface area (Å²) in [6.45, 7) is 0. The Balaban J connectivity index is 3.82. The molecule has 0 saturated carbocycles. The van der Waals surface area contributed by atoms with Crippen molar-refractivity contribution in [1.82, 2.24) is 10.1 Å². The maximum Gasteiger partial charge on any atom is 0.267 e. The number of rotatable bonds is 5. The van der Waals surface area contributed by atoms with Gasteiger partial charge in [0.05, 0.1) is 12.7 Å². The lowest BCUT2D eigenvalue weighted by Crippen LogP contribution is -2.33. The zero-order chi connectivity index (χ0) is 14.6. The fourth-order valence-corrected chi connectivity index (χ4v) is 2.61. The van der Waals surface area contributed by atoms with Crippen LogP contribution in [0.3, 0.4) is 0 Å². The van der Waals surface area contributed by atoms with Crippen LogP contribution in [0.25, 0.3) is 0 Å². The number of nitrogen functional groups attached to an aromatic ring is 1. The summed E-state index contributed by atoms with van der Waals surface area (Å²) in [6, 6.07) is 2.55. The van der Waals surface area contributed by atoms with E-state index in [1.165, 1.54) is 26.3 Å². The van der Waals surface area contributed by atoms with Crippen molar-refractivity contribution in [3.8, 4) is 5.75 Å². The number of benzene rings is 1. The van der Waals surface area contributed by atoms with Crippen LogP contribution in [0.2, 0.25) is 0 Å². The largest absolute Gasteiger partial charge is 0.495 e. The summed E-state index contributed by atoms with van der Waals surface area (Å²) in [6.07, 6.45) is 0.360. The molecule has 1 rings (SSSR count). The van der Waals surface area contributed by atoms with Gasteiger partial charge in [0.2, 0.25) is 10.0 Å². The Morgan fingerprint density at radius 2 is 2.05 bits per heavy atom. The standard InChI is InChI=1S/C10H13N3O5S/c1-12-19(16,17)9-7(18-2)4-3-6(5-14)8(9)10(15)13-11/h3-5,12H,11H2,1-2H3,(H,13,15). The van der Waals surface area contributed by atoms with Crippen LogP contribution in [0.4, 0.5) is 0 Å². The molecule has 0 radical (unpaired) electrons. The van der Waals surface area contributed by atoms with Gasteiger partial charge in [-0.3, -0.25) is 15.0 Å². The highest BCUT2D eigenvalue weighted by atomic mass is 32.2. The first-order chi connectivity index (χ1) is 8.92. The highest BCUT2D eigenvalue weighted by Crippen LogP contribution is 2.29. The molecule has 0 fully saturated rings. The van der Waals surface area contributed by atoms with Crippen molar-refractivity contribution < 1.29 is 22.7 Å². The van der Waals surface area contributed by atoms with E-state index in [-0.39, 0.29) is 16.9 Å². The van der Waals surface area contributed by atoms with Gasteiger partial charge < -0.3 is 4.74 Å². The maximum absolute atomic E-state index is 12.0. The summed E-state index contributed by atoms with van der Waals surface area (Å²) in [5.74, 6) is 4.02. The molecule has 0 aliphatic rings. The van der Waals surface area contributed by atoms with Crippen molar-refractivity contribution >= 4 is 22.2 Å². The number of hydrazine groups is 1. The molecule has 0 saturated heterocycles. The van der Waals surface area contributed by atoms with E-state index in [4.69, 9.17) is 10.6 Å². The van der Waals surface area contributed by atoms with Crippen molar-refractivity contribution in [2.24, 2.45) is 5.84 Å². The summed E-state index contributed by atoms with van der Waals surface area (Å²) in [5, 5.41) is 0. The van der Waals surface area contributed by atoms with Gasteiger partial charge in [-0.1, -0.05) is 0 Å². The Bertz CT molecular complexity index is 612. The lowest BCUT2D eigenvalue weighted by molar-refractivity contribution is 0.0944. The second-order valence-electron chi connectivity index (χ2n) is 3.36. The van der Waals surface area contributed by atoms with E-state index in [1.54, 1.807) is 5.43 Å². The molecule has 0 unspecified atom stereocenters. The van der Waals surface area contributed by atoms with Crippen LogP contribution in [-0.4, -0.2) is 34.8 Å². The van der Waals surface area contributed by atoms with Gasteiger partial charge in [0, 0.05) is 5.56 Å². The lowest BCUT2D eigenvalue weighted by Gasteiger charge is -2.14. The second-order valence-corrected chi connectivity index (χ2v) is 5.18. The van der Waals surface area contributed by atoms with E-state index in [2.05, 4.69) is 4.72 Å². The summed E-state index contributed by atoms with van der Waals surface area (Å²) in [5.41, 5.74) is 1.32. The first kappa shape index (κ1) is 15.1. The Labute approximate surface area is 109 Å². The first-order valence-corrected chi connectivity index (χ1v) is 6.51. The van der Waals surface area contributed by atoms with Crippen molar-refractivity contribution in [3.63, 3.8) is 0 Å². The minimum absolute atomic E-state index is 0.0708. The predicted molar refractivity (Wildman–Crippen MR) is 66.3 cm³/mol. The number of carbonyl (C=O) groups excluding carboxylic acids is 2. The third-order valence-electron chi connectivity index (χ3n) is 2.40. The number of carbonyl (C=O) groups is 2. The zero-order valence-corrected chi connectivity index (χ0v) is 11.1. The van der Waals surface area contributed by atoms with E-state index in [0.29, 0.717) is 6.29 Å². The lowest BCUT2D eigenvalue weighted by atomic mass is 10.1. The number of hydrogen-bond acceptors (Lipinski definition) is 6. The fourth-order valence-electron chi connectivity index (χ4n) is 1.51. The predicted octanol–water partition coefficient (Wildman–Crippen LogP) is -0.981. The monoisotopic (exact) mass is 287 g/mol. The smallest absolute Gasteiger partial charge is 0.267 e. The molecular weight excluding hydrogens is 274 g/mol. The van der Waals surface area contributed by atoms with Crippen molar-refractivity contribution in [1.29, 1.82) is 0 Å². The normalized spacial score (nSPS) is 10.9. The number of hydrogen-bond donors (Lipinski definition) is 3. The van der Waals surface area contributed by atoms with Crippen LogP contribution in [0.5, 0.6) is 5.75 Å². The highest BCUT2D eigenvalue weighted by Gasteiger charge is 2.28. The van der Waals surface area contributed by atoms with E-state index in [0.717, 1.165) is 0 Å². The first-order valence-electron chi connectivity index (χ1n) is 5.03. The Morgan fingerprint density at radius 3 is 2.47 bits per heavy atom. The molecule has 19 heavy (non-hydrogen) atoms. The Hall–Kier alpha value is -1.97. The minimum Gasteiger partial charge on any atom is -0.495 e. The van der Waals surface area contributed by atoms with E-state index < -0.39 is 20.8 Å². The van der Waals surface area contributed by atoms with Crippen LogP contribution in [0.1, 0.15) is 20.7 Å². The molecule has 0 aromatic heterocycles. The number of methoxy groups -OCH3 is 1. The highest BCUT2D eigenvalue weighted by molar-refractivity contribution is 7.89. The fraction of sp³-hybridized carbons (Fsp3) is 0.200. The van der Waals surface area contributed by atoms with Gasteiger partial charge in [-0.15, -0.1) is 0 Å². The van der Waals surface area contributed by atoms with Crippen LogP contribution >= 0.6 is 0 Å². The van der Waals surface area contributed by atoms with Crippen LogP contribution in [0.15, 0.2) is 17.0 Å². The molecule has 1 aromatic carbocycles. The molecule has 1 amide bonds. The Kier molecular flexibility index (Phi) is 4.59. The van der Waals surface area contributed by atoms with E-state index in [1.807, 2.05) is 0 Å². The van der Waals surface area contributed by atoms with Gasteiger partial charge in [0.1, 0.15) is 10.6 Å². The third-order valence-corrected chi connectivity index (χ3v) is 3.88. The number of amides is 1. The molecule has 0 aliphatic heterocycles. The molecule has 4 N–H and O–H groups in total. The second kappa shape index (κ2) is 5.78. The minimum atomic E-state index is -4.01. The summed E-state index contributed by atoms with van der Waals surface area (Å²) < 4.78 is 30.9. The van der Waals surface area contributed by atoms with Crippen LogP contribution in [-0.2, 0) is 10.0 Å². The molecule has 0 atom stereocenters. The van der Waals surface area contributed by atoms with Crippen LogP contribution in [0, 0.1) is 0 Å². The molecule has 0 spiro atoms. The van der Waals surface area contributed by atoms with E-state index in [9.17, 15) is 18.0 Å². The molecular formula is C10H13N3O5S. The molecule has 104 valence electrons. The summed E-state index contributed by atoms with van der Waals surface area (Å²) in [7, 11) is -1.59. The van der Waals surface area contributed by atoms with Gasteiger partial charge in [-0.25, -0.2) is 19.0 Å². The number of nitrogens with one attached hydrogen (secondary N) is 2. The molecule has 9 heteroatoms. The molecule has 0 bridgehead atoms. The van der Waals surface area contributed by atoms with Gasteiger partial charge in [0.15, 0.2) is 6.29 Å². The van der Waals surface area contributed by atoms with E-state index >= 15 is 0 Å². The number of aldehydes is 1. The molecule has 1 aromatic rings. The van der Waals surface area contributed by atoms with Gasteiger partial charge in [-0.05, 0) is 19.2 Å². The van der Waals surface area contributed by atoms with Gasteiger partial charge in [0.25, 0.3) is 5.91 Å². The Morgan fingerprint density at radius 1 is 1.42 bits per heavy atom. The summed E-state index contributed by atoms with van der Waals surface area (Å²) >= 11 is 0. The van der Waals surface area contributed by atoms with Crippen LogP contribution < -0.4 is 20.7 Å². The summed E-state index contributed by atoms with van der Waals surface area (Å²) in [4.78, 5) is 22.2. The number of sulfonamides is 1.